The van der Waals surface area contributed by atoms with Crippen LogP contribution in [0.5, 0.6) is 0 Å². The van der Waals surface area contributed by atoms with Crippen molar-refractivity contribution in [2.75, 3.05) is 11.9 Å². The second-order valence-corrected chi connectivity index (χ2v) is 8.25. The molecule has 1 aromatic heterocycles. The number of nitrogens with zero attached hydrogens (tertiary/aromatic N) is 2. The van der Waals surface area contributed by atoms with Gasteiger partial charge in [0, 0.05) is 34.9 Å². The Bertz CT molecular complexity index is 1210. The number of hydrogen-bond donors (Lipinski definition) is 1. The number of fused-ring (bicyclic) bond motifs is 1. The summed E-state index contributed by atoms with van der Waals surface area (Å²) in [5.41, 5.74) is 4.66. The molecule has 3 aromatic rings. The monoisotopic (exact) mass is 419 g/mol. The summed E-state index contributed by atoms with van der Waals surface area (Å²) in [4.78, 5) is 38.9. The zero-order chi connectivity index (χ0) is 21.4. The van der Waals surface area contributed by atoms with Crippen molar-refractivity contribution in [2.45, 2.75) is 13.8 Å². The zero-order valence-electron chi connectivity index (χ0n) is 16.9. The highest BCUT2D eigenvalue weighted by molar-refractivity contribution is 8.18. The standard InChI is InChI=1S/C23H21N3O3S/c1-14-8-10-16(11-9-14)24-21(27)13-26-22(28)20(30-23(26)29)12-18-15(2)25(3)19-7-5-4-6-17(18)19/h4-12H,13H2,1-3H3,(H,24,27)/b20-12+. The fourth-order valence-electron chi connectivity index (χ4n) is 3.48. The average molecular weight is 420 g/mol. The number of nitrogens with one attached hydrogen (secondary N) is 1. The first-order valence-corrected chi connectivity index (χ1v) is 10.3. The molecule has 0 unspecified atom stereocenters. The van der Waals surface area contributed by atoms with Gasteiger partial charge in [0.05, 0.1) is 4.91 Å². The number of aryl methyl sites for hydroxylation is 2. The summed E-state index contributed by atoms with van der Waals surface area (Å²) in [6.45, 7) is 3.62. The maximum atomic E-state index is 12.8. The van der Waals surface area contributed by atoms with Crippen LogP contribution >= 0.6 is 11.8 Å². The number of para-hydroxylation sites is 1. The molecule has 0 aliphatic carbocycles. The van der Waals surface area contributed by atoms with Crippen LogP contribution < -0.4 is 5.32 Å². The Morgan fingerprint density at radius 2 is 1.77 bits per heavy atom. The Kier molecular flexibility index (Phi) is 5.22. The van der Waals surface area contributed by atoms with Gasteiger partial charge < -0.3 is 9.88 Å². The highest BCUT2D eigenvalue weighted by Gasteiger charge is 2.36. The Balaban J connectivity index is 1.55. The van der Waals surface area contributed by atoms with Gasteiger partial charge in [-0.1, -0.05) is 35.9 Å². The largest absolute Gasteiger partial charge is 0.347 e. The molecule has 3 amide bonds. The second kappa shape index (κ2) is 7.84. The van der Waals surface area contributed by atoms with E-state index in [-0.39, 0.29) is 6.54 Å². The number of aromatic nitrogens is 1. The van der Waals surface area contributed by atoms with E-state index in [1.807, 2.05) is 57.3 Å². The summed E-state index contributed by atoms with van der Waals surface area (Å²) in [6, 6.07) is 15.2. The maximum Gasteiger partial charge on any atom is 0.294 e. The van der Waals surface area contributed by atoms with Crippen LogP contribution in [0.25, 0.3) is 17.0 Å². The smallest absolute Gasteiger partial charge is 0.294 e. The van der Waals surface area contributed by atoms with Gasteiger partial charge >= 0.3 is 0 Å². The van der Waals surface area contributed by atoms with Crippen molar-refractivity contribution in [2.24, 2.45) is 7.05 Å². The van der Waals surface area contributed by atoms with E-state index in [1.54, 1.807) is 18.2 Å². The van der Waals surface area contributed by atoms with Crippen molar-refractivity contribution in [1.29, 1.82) is 0 Å². The van der Waals surface area contributed by atoms with E-state index in [0.717, 1.165) is 44.4 Å². The third-order valence-corrected chi connectivity index (χ3v) is 6.14. The summed E-state index contributed by atoms with van der Waals surface area (Å²) < 4.78 is 2.06. The Hall–Kier alpha value is -3.32. The number of imide groups is 1. The van der Waals surface area contributed by atoms with Gasteiger partial charge in [-0.05, 0) is 49.9 Å². The zero-order valence-corrected chi connectivity index (χ0v) is 17.7. The Morgan fingerprint density at radius 1 is 1.07 bits per heavy atom. The molecule has 0 atom stereocenters. The van der Waals surface area contributed by atoms with Crippen molar-refractivity contribution in [3.05, 3.63) is 70.3 Å². The van der Waals surface area contributed by atoms with Crippen LogP contribution in [0.1, 0.15) is 16.8 Å². The summed E-state index contributed by atoms with van der Waals surface area (Å²) in [6.07, 6.45) is 1.75. The number of thioether (sulfide) groups is 1. The fourth-order valence-corrected chi connectivity index (χ4v) is 4.30. The molecular formula is C23H21N3O3S. The van der Waals surface area contributed by atoms with Crippen molar-refractivity contribution in [3.63, 3.8) is 0 Å². The van der Waals surface area contributed by atoms with Gasteiger partial charge in [0.25, 0.3) is 11.1 Å². The van der Waals surface area contributed by atoms with E-state index >= 15 is 0 Å². The predicted octanol–water partition coefficient (Wildman–Crippen LogP) is 4.47. The van der Waals surface area contributed by atoms with Crippen LogP contribution in [0.4, 0.5) is 10.5 Å². The van der Waals surface area contributed by atoms with Crippen LogP contribution in [0.2, 0.25) is 0 Å². The number of benzene rings is 2. The van der Waals surface area contributed by atoms with Crippen LogP contribution in [0.15, 0.2) is 53.4 Å². The number of anilines is 1. The summed E-state index contributed by atoms with van der Waals surface area (Å²) in [5.74, 6) is -0.861. The highest BCUT2D eigenvalue weighted by atomic mass is 32.2. The van der Waals surface area contributed by atoms with Gasteiger partial charge in [0.2, 0.25) is 5.91 Å². The lowest BCUT2D eigenvalue weighted by molar-refractivity contribution is -0.127. The van der Waals surface area contributed by atoms with E-state index in [0.29, 0.717) is 10.6 Å². The molecule has 6 nitrogen and oxygen atoms in total. The van der Waals surface area contributed by atoms with E-state index in [1.165, 1.54) is 0 Å². The molecule has 0 saturated carbocycles. The highest BCUT2D eigenvalue weighted by Crippen LogP contribution is 2.35. The Labute approximate surface area is 178 Å². The van der Waals surface area contributed by atoms with Crippen LogP contribution in [-0.2, 0) is 16.6 Å². The van der Waals surface area contributed by atoms with E-state index < -0.39 is 17.1 Å². The molecule has 4 rings (SSSR count). The minimum absolute atomic E-state index is 0.315. The minimum atomic E-state index is -0.448. The summed E-state index contributed by atoms with van der Waals surface area (Å²) >= 11 is 0.863. The van der Waals surface area contributed by atoms with Gasteiger partial charge in [-0.2, -0.15) is 0 Å². The lowest BCUT2D eigenvalue weighted by atomic mass is 10.1. The minimum Gasteiger partial charge on any atom is -0.347 e. The molecule has 1 fully saturated rings. The van der Waals surface area contributed by atoms with Crippen LogP contribution in [-0.4, -0.2) is 33.1 Å². The summed E-state index contributed by atoms with van der Waals surface area (Å²) in [7, 11) is 1.97. The Morgan fingerprint density at radius 3 is 2.50 bits per heavy atom. The number of carbonyl (C=O) groups excluding carboxylic acids is 3. The first-order valence-electron chi connectivity index (χ1n) is 9.51. The number of amides is 3. The van der Waals surface area contributed by atoms with E-state index in [4.69, 9.17) is 0 Å². The van der Waals surface area contributed by atoms with Crippen molar-refractivity contribution >= 4 is 51.5 Å². The second-order valence-electron chi connectivity index (χ2n) is 7.26. The van der Waals surface area contributed by atoms with Gasteiger partial charge in [0.1, 0.15) is 6.54 Å². The molecule has 1 saturated heterocycles. The topological polar surface area (TPSA) is 71.4 Å². The van der Waals surface area contributed by atoms with Crippen molar-refractivity contribution in [1.82, 2.24) is 9.47 Å². The molecule has 2 aromatic carbocycles. The first kappa shape index (κ1) is 20.0. The summed E-state index contributed by atoms with van der Waals surface area (Å²) in [5, 5.41) is 3.29. The van der Waals surface area contributed by atoms with Gasteiger partial charge in [-0.15, -0.1) is 0 Å². The van der Waals surface area contributed by atoms with Crippen molar-refractivity contribution in [3.8, 4) is 0 Å². The van der Waals surface area contributed by atoms with Crippen molar-refractivity contribution < 1.29 is 14.4 Å². The molecule has 152 valence electrons. The molecule has 30 heavy (non-hydrogen) atoms. The lowest BCUT2D eigenvalue weighted by Gasteiger charge is -2.12. The third kappa shape index (κ3) is 3.64. The van der Waals surface area contributed by atoms with Gasteiger partial charge in [0.15, 0.2) is 0 Å². The van der Waals surface area contributed by atoms with E-state index in [2.05, 4.69) is 9.88 Å². The van der Waals surface area contributed by atoms with Crippen LogP contribution in [0.3, 0.4) is 0 Å². The fraction of sp³-hybridized carbons (Fsp3) is 0.174. The number of rotatable bonds is 4. The molecule has 1 aliphatic rings. The molecular weight excluding hydrogens is 398 g/mol. The quantitative estimate of drug-likeness (QED) is 0.634. The normalized spacial score (nSPS) is 15.4. The third-order valence-electron chi connectivity index (χ3n) is 5.23. The number of hydrogen-bond acceptors (Lipinski definition) is 4. The molecule has 0 bridgehead atoms. The van der Waals surface area contributed by atoms with Crippen LogP contribution in [0, 0.1) is 13.8 Å². The molecule has 0 spiro atoms. The SMILES string of the molecule is Cc1ccc(NC(=O)CN2C(=O)S/C(=C/c3c(C)n(C)c4ccccc34)C2=O)cc1. The predicted molar refractivity (Wildman–Crippen MR) is 120 cm³/mol. The molecule has 7 heteroatoms. The number of carbonyl (C=O) groups is 3. The first-order chi connectivity index (χ1) is 14.3. The van der Waals surface area contributed by atoms with Gasteiger partial charge in [-0.25, -0.2) is 0 Å². The van der Waals surface area contributed by atoms with Gasteiger partial charge in [-0.3, -0.25) is 19.3 Å². The van der Waals surface area contributed by atoms with E-state index in [9.17, 15) is 14.4 Å². The molecule has 0 radical (unpaired) electrons. The maximum absolute atomic E-state index is 12.8. The molecule has 1 aliphatic heterocycles. The molecule has 1 N–H and O–H groups in total. The average Bonchev–Trinajstić information content (AvgIpc) is 3.13. The molecule has 2 heterocycles. The lowest BCUT2D eigenvalue weighted by Crippen LogP contribution is -2.36.